The molecule has 9 nitrogen and oxygen atoms in total. The lowest BCUT2D eigenvalue weighted by atomic mass is 10.1. The highest BCUT2D eigenvalue weighted by Crippen LogP contribution is 2.36. The normalized spacial score (nSPS) is 13.1. The van der Waals surface area contributed by atoms with E-state index in [1.807, 2.05) is 13.0 Å². The lowest BCUT2D eigenvalue weighted by Crippen LogP contribution is -2.40. The molecule has 30 heavy (non-hydrogen) atoms. The summed E-state index contributed by atoms with van der Waals surface area (Å²) in [7, 11) is 0. The monoisotopic (exact) mass is 429 g/mol. The standard InChI is InChI=1S/C20H23N5O4S/c1-12-5-14(25(8-15(28)10-26)9-16(29)11-27)3-4-18(12)23-24-20-17(6-21)13(2)19(7-22)30-20/h3-5,15-16,26-29H,8-11H2,1-2H3/b24-23+. The minimum atomic E-state index is -1.00. The first kappa shape index (κ1) is 23.4. The summed E-state index contributed by atoms with van der Waals surface area (Å²) < 4.78 is 0. The molecule has 0 aliphatic carbocycles. The molecule has 2 rings (SSSR count). The Balaban J connectivity index is 2.30. The van der Waals surface area contributed by atoms with Gasteiger partial charge in [0.1, 0.15) is 17.0 Å². The van der Waals surface area contributed by atoms with Gasteiger partial charge in [-0.2, -0.15) is 10.5 Å². The van der Waals surface area contributed by atoms with Crippen molar-refractivity contribution in [3.63, 3.8) is 0 Å². The topological polar surface area (TPSA) is 156 Å². The molecule has 4 N–H and O–H groups in total. The minimum Gasteiger partial charge on any atom is -0.394 e. The van der Waals surface area contributed by atoms with Crippen molar-refractivity contribution in [1.29, 1.82) is 10.5 Å². The van der Waals surface area contributed by atoms with E-state index in [0.717, 1.165) is 16.9 Å². The fourth-order valence-electron chi connectivity index (χ4n) is 2.76. The number of aliphatic hydroxyl groups excluding tert-OH is 4. The van der Waals surface area contributed by atoms with Crippen LogP contribution in [0.25, 0.3) is 0 Å². The van der Waals surface area contributed by atoms with Crippen LogP contribution in [0.15, 0.2) is 28.4 Å². The zero-order valence-electron chi connectivity index (χ0n) is 16.6. The van der Waals surface area contributed by atoms with Gasteiger partial charge in [-0.25, -0.2) is 0 Å². The molecule has 10 heteroatoms. The van der Waals surface area contributed by atoms with Gasteiger partial charge in [0.05, 0.1) is 36.7 Å². The van der Waals surface area contributed by atoms with Crippen molar-refractivity contribution in [3.05, 3.63) is 39.8 Å². The summed E-state index contributed by atoms with van der Waals surface area (Å²) >= 11 is 1.11. The first-order valence-corrected chi connectivity index (χ1v) is 9.95. The molecule has 2 atom stereocenters. The number of aryl methyl sites for hydroxylation is 1. The zero-order chi connectivity index (χ0) is 22.3. The van der Waals surface area contributed by atoms with Gasteiger partial charge in [0, 0.05) is 18.8 Å². The maximum Gasteiger partial charge on any atom is 0.158 e. The third-order valence-corrected chi connectivity index (χ3v) is 5.50. The highest BCUT2D eigenvalue weighted by atomic mass is 32.1. The summed E-state index contributed by atoms with van der Waals surface area (Å²) in [6.07, 6.45) is -2.01. The molecule has 1 aromatic carbocycles. The average molecular weight is 430 g/mol. The van der Waals surface area contributed by atoms with E-state index in [9.17, 15) is 15.5 Å². The van der Waals surface area contributed by atoms with E-state index in [1.165, 1.54) is 0 Å². The van der Waals surface area contributed by atoms with Gasteiger partial charge in [-0.1, -0.05) is 0 Å². The molecule has 0 bridgehead atoms. The van der Waals surface area contributed by atoms with Crippen LogP contribution in [0.5, 0.6) is 0 Å². The fourth-order valence-corrected chi connectivity index (χ4v) is 3.64. The number of benzene rings is 1. The molecule has 1 aromatic heterocycles. The third-order valence-electron chi connectivity index (χ3n) is 4.42. The van der Waals surface area contributed by atoms with Gasteiger partial charge in [-0.3, -0.25) is 0 Å². The Bertz CT molecular complexity index is 980. The number of aliphatic hydroxyl groups is 4. The SMILES string of the molecule is Cc1cc(N(CC(O)CO)CC(O)CO)ccc1/N=N/c1sc(C#N)c(C)c1C#N. The number of anilines is 1. The van der Waals surface area contributed by atoms with E-state index in [2.05, 4.69) is 16.3 Å². The number of nitrogens with zero attached hydrogens (tertiary/aromatic N) is 5. The van der Waals surface area contributed by atoms with Crippen molar-refractivity contribution in [2.75, 3.05) is 31.2 Å². The lowest BCUT2D eigenvalue weighted by molar-refractivity contribution is 0.0839. The molecular formula is C20H23N5O4S. The Labute approximate surface area is 178 Å². The summed E-state index contributed by atoms with van der Waals surface area (Å²) in [6, 6.07) is 9.31. The Morgan fingerprint density at radius 3 is 2.17 bits per heavy atom. The van der Waals surface area contributed by atoms with Crippen LogP contribution in [0, 0.1) is 36.5 Å². The average Bonchev–Trinajstić information content (AvgIpc) is 3.06. The van der Waals surface area contributed by atoms with Gasteiger partial charge >= 0.3 is 0 Å². The van der Waals surface area contributed by atoms with Crippen molar-refractivity contribution in [2.45, 2.75) is 26.1 Å². The molecular weight excluding hydrogens is 406 g/mol. The van der Waals surface area contributed by atoms with Crippen molar-refractivity contribution < 1.29 is 20.4 Å². The fraction of sp³-hybridized carbons (Fsp3) is 0.400. The smallest absolute Gasteiger partial charge is 0.158 e. The van der Waals surface area contributed by atoms with Crippen molar-refractivity contribution in [2.24, 2.45) is 10.2 Å². The van der Waals surface area contributed by atoms with Crippen LogP contribution in [-0.4, -0.2) is 58.9 Å². The molecule has 0 aliphatic heterocycles. The molecule has 0 fully saturated rings. The summed E-state index contributed by atoms with van der Waals surface area (Å²) in [5.74, 6) is 0. The quantitative estimate of drug-likeness (QED) is 0.444. The second-order valence-electron chi connectivity index (χ2n) is 6.71. The van der Waals surface area contributed by atoms with Gasteiger partial charge in [0.2, 0.25) is 0 Å². The molecule has 158 valence electrons. The van der Waals surface area contributed by atoms with E-state index in [4.69, 9.17) is 15.5 Å². The first-order chi connectivity index (χ1) is 14.3. The van der Waals surface area contributed by atoms with Gasteiger partial charge < -0.3 is 25.3 Å². The Kier molecular flexibility index (Phi) is 8.42. The van der Waals surface area contributed by atoms with Crippen LogP contribution in [0.1, 0.15) is 21.6 Å². The number of nitriles is 2. The van der Waals surface area contributed by atoms with Gasteiger partial charge in [-0.15, -0.1) is 21.6 Å². The van der Waals surface area contributed by atoms with Crippen molar-refractivity contribution in [1.82, 2.24) is 0 Å². The molecule has 2 unspecified atom stereocenters. The van der Waals surface area contributed by atoms with E-state index in [0.29, 0.717) is 32.4 Å². The van der Waals surface area contributed by atoms with Crippen LogP contribution in [0.3, 0.4) is 0 Å². The number of rotatable bonds is 9. The lowest BCUT2D eigenvalue weighted by Gasteiger charge is -2.28. The predicted octanol–water partition coefficient (Wildman–Crippen LogP) is 2.04. The molecule has 2 aromatic rings. The number of azo groups is 1. The van der Waals surface area contributed by atoms with E-state index in [1.54, 1.807) is 30.0 Å². The van der Waals surface area contributed by atoms with Crippen LogP contribution < -0.4 is 4.90 Å². The third kappa shape index (κ3) is 5.60. The van der Waals surface area contributed by atoms with Crippen molar-refractivity contribution in [3.8, 4) is 12.1 Å². The first-order valence-electron chi connectivity index (χ1n) is 9.13. The summed E-state index contributed by atoms with van der Waals surface area (Å²) in [5, 5.41) is 65.0. The maximum atomic E-state index is 9.79. The van der Waals surface area contributed by atoms with Crippen LogP contribution in [-0.2, 0) is 0 Å². The molecule has 0 spiro atoms. The predicted molar refractivity (Wildman–Crippen MR) is 112 cm³/mol. The van der Waals surface area contributed by atoms with Crippen molar-refractivity contribution >= 4 is 27.7 Å². The molecule has 0 saturated heterocycles. The number of hydrogen-bond acceptors (Lipinski definition) is 10. The molecule has 0 radical (unpaired) electrons. The van der Waals surface area contributed by atoms with E-state index >= 15 is 0 Å². The van der Waals surface area contributed by atoms with Crippen LogP contribution in [0.4, 0.5) is 16.4 Å². The summed E-state index contributed by atoms with van der Waals surface area (Å²) in [6.45, 7) is 2.80. The largest absolute Gasteiger partial charge is 0.394 e. The van der Waals surface area contributed by atoms with E-state index in [-0.39, 0.29) is 13.1 Å². The highest BCUT2D eigenvalue weighted by Gasteiger charge is 2.17. The molecule has 1 heterocycles. The maximum absolute atomic E-state index is 9.79. The highest BCUT2D eigenvalue weighted by molar-refractivity contribution is 7.16. The van der Waals surface area contributed by atoms with E-state index < -0.39 is 25.4 Å². The summed E-state index contributed by atoms with van der Waals surface area (Å²) in [5.41, 5.74) is 2.90. The molecule has 0 amide bonds. The molecule has 0 saturated carbocycles. The Morgan fingerprint density at radius 2 is 1.67 bits per heavy atom. The van der Waals surface area contributed by atoms with Gasteiger partial charge in [0.15, 0.2) is 5.00 Å². The Morgan fingerprint density at radius 1 is 1.03 bits per heavy atom. The second kappa shape index (κ2) is 10.8. The minimum absolute atomic E-state index is 0.0742. The second-order valence-corrected chi connectivity index (χ2v) is 7.71. The van der Waals surface area contributed by atoms with Gasteiger partial charge in [-0.05, 0) is 43.2 Å². The van der Waals surface area contributed by atoms with Crippen LogP contribution in [0.2, 0.25) is 0 Å². The number of thiophene rings is 1. The van der Waals surface area contributed by atoms with Gasteiger partial charge in [0.25, 0.3) is 0 Å². The summed E-state index contributed by atoms with van der Waals surface area (Å²) in [4.78, 5) is 2.08. The number of hydrogen-bond donors (Lipinski definition) is 4. The zero-order valence-corrected chi connectivity index (χ0v) is 17.5. The molecule has 0 aliphatic rings. The Hall–Kier alpha value is -2.86. The van der Waals surface area contributed by atoms with Crippen LogP contribution >= 0.6 is 11.3 Å².